The van der Waals surface area contributed by atoms with Gasteiger partial charge in [-0.3, -0.25) is 4.68 Å². The van der Waals surface area contributed by atoms with Crippen molar-refractivity contribution in [2.75, 3.05) is 0 Å². The molecular formula is C6H6ClN3. The highest BCUT2D eigenvalue weighted by molar-refractivity contribution is 6.30. The molecule has 0 spiro atoms. The van der Waals surface area contributed by atoms with Gasteiger partial charge in [-0.1, -0.05) is 11.6 Å². The first kappa shape index (κ1) is 7.10. The monoisotopic (exact) mass is 155 g/mol. The minimum Gasteiger partial charge on any atom is -0.270 e. The smallest absolute Gasteiger partial charge is 0.169 e. The molecule has 0 aliphatic rings. The van der Waals surface area contributed by atoms with E-state index in [2.05, 4.69) is 5.10 Å². The molecule has 52 valence electrons. The fraction of sp³-hybridized carbons (Fsp3) is 0.333. The number of nitriles is 1. The first-order valence-electron chi connectivity index (χ1n) is 2.76. The van der Waals surface area contributed by atoms with Crippen molar-refractivity contribution in [3.8, 4) is 6.07 Å². The molecular weight excluding hydrogens is 150 g/mol. The van der Waals surface area contributed by atoms with Crippen LogP contribution in [0, 0.1) is 18.3 Å². The molecule has 0 atom stereocenters. The van der Waals surface area contributed by atoms with Gasteiger partial charge in [-0.25, -0.2) is 0 Å². The van der Waals surface area contributed by atoms with Gasteiger partial charge < -0.3 is 0 Å². The van der Waals surface area contributed by atoms with Crippen LogP contribution in [0.2, 0.25) is 5.15 Å². The first-order valence-corrected chi connectivity index (χ1v) is 3.13. The molecule has 3 nitrogen and oxygen atoms in total. The van der Waals surface area contributed by atoms with Crippen molar-refractivity contribution in [2.45, 2.75) is 6.92 Å². The predicted octanol–water partition coefficient (Wildman–Crippen LogP) is 1.25. The maximum atomic E-state index is 8.52. The molecule has 0 N–H and O–H groups in total. The van der Waals surface area contributed by atoms with Crippen LogP contribution in [0.3, 0.4) is 0 Å². The van der Waals surface area contributed by atoms with Crippen molar-refractivity contribution in [1.82, 2.24) is 9.78 Å². The molecule has 1 heterocycles. The summed E-state index contributed by atoms with van der Waals surface area (Å²) < 4.78 is 1.58. The van der Waals surface area contributed by atoms with Crippen LogP contribution in [-0.2, 0) is 7.05 Å². The number of aryl methyl sites for hydroxylation is 1. The Labute approximate surface area is 63.8 Å². The maximum Gasteiger partial charge on any atom is 0.169 e. The summed E-state index contributed by atoms with van der Waals surface area (Å²) >= 11 is 5.60. The Morgan fingerprint density at radius 2 is 2.30 bits per heavy atom. The molecule has 0 saturated heterocycles. The lowest BCUT2D eigenvalue weighted by molar-refractivity contribution is 0.740. The number of halogens is 1. The van der Waals surface area contributed by atoms with E-state index in [9.17, 15) is 0 Å². The highest BCUT2D eigenvalue weighted by atomic mass is 35.5. The quantitative estimate of drug-likeness (QED) is 0.566. The average molecular weight is 156 g/mol. The standard InChI is InChI=1S/C6H6ClN3/c1-4-5(3-8)6(7)9-10(4)2/h1-2H3. The summed E-state index contributed by atoms with van der Waals surface area (Å²) in [5.41, 5.74) is 1.26. The number of rotatable bonds is 0. The van der Waals surface area contributed by atoms with Crippen LogP contribution in [0.25, 0.3) is 0 Å². The molecule has 10 heavy (non-hydrogen) atoms. The third-order valence-electron chi connectivity index (χ3n) is 1.40. The second-order valence-electron chi connectivity index (χ2n) is 1.99. The van der Waals surface area contributed by atoms with Gasteiger partial charge in [0.15, 0.2) is 5.15 Å². The van der Waals surface area contributed by atoms with Gasteiger partial charge in [-0.15, -0.1) is 0 Å². The molecule has 0 bridgehead atoms. The third kappa shape index (κ3) is 0.869. The van der Waals surface area contributed by atoms with Crippen LogP contribution in [-0.4, -0.2) is 9.78 Å². The Morgan fingerprint density at radius 1 is 1.70 bits per heavy atom. The molecule has 1 aromatic heterocycles. The molecule has 1 rings (SSSR count). The van der Waals surface area contributed by atoms with Gasteiger partial charge in [-0.2, -0.15) is 10.4 Å². The van der Waals surface area contributed by atoms with Crippen molar-refractivity contribution >= 4 is 11.6 Å². The van der Waals surface area contributed by atoms with Crippen molar-refractivity contribution in [3.05, 3.63) is 16.4 Å². The van der Waals surface area contributed by atoms with Gasteiger partial charge in [-0.05, 0) is 6.92 Å². The van der Waals surface area contributed by atoms with E-state index in [0.29, 0.717) is 5.56 Å². The number of nitrogens with zero attached hydrogens (tertiary/aromatic N) is 3. The first-order chi connectivity index (χ1) is 4.66. The fourth-order valence-electron chi connectivity index (χ4n) is 0.695. The molecule has 0 saturated carbocycles. The van der Waals surface area contributed by atoms with E-state index < -0.39 is 0 Å². The summed E-state index contributed by atoms with van der Waals surface area (Å²) in [5.74, 6) is 0. The summed E-state index contributed by atoms with van der Waals surface area (Å²) in [6.07, 6.45) is 0. The molecule has 0 aliphatic heterocycles. The van der Waals surface area contributed by atoms with Crippen LogP contribution in [0.15, 0.2) is 0 Å². The SMILES string of the molecule is Cc1c(C#N)c(Cl)nn1C. The van der Waals surface area contributed by atoms with Gasteiger partial charge in [0.2, 0.25) is 0 Å². The van der Waals surface area contributed by atoms with Crippen LogP contribution in [0.4, 0.5) is 0 Å². The Kier molecular flexibility index (Phi) is 1.64. The van der Waals surface area contributed by atoms with E-state index in [1.54, 1.807) is 18.7 Å². The van der Waals surface area contributed by atoms with Gasteiger partial charge in [0.05, 0.1) is 5.69 Å². The molecule has 0 aliphatic carbocycles. The van der Waals surface area contributed by atoms with Crippen LogP contribution < -0.4 is 0 Å². The lowest BCUT2D eigenvalue weighted by Crippen LogP contribution is -1.92. The van der Waals surface area contributed by atoms with E-state index >= 15 is 0 Å². The number of aromatic nitrogens is 2. The van der Waals surface area contributed by atoms with Gasteiger partial charge >= 0.3 is 0 Å². The lowest BCUT2D eigenvalue weighted by Gasteiger charge is -1.89. The largest absolute Gasteiger partial charge is 0.270 e. The summed E-state index contributed by atoms with van der Waals surface area (Å²) in [6.45, 7) is 1.80. The van der Waals surface area contributed by atoms with Crippen molar-refractivity contribution in [1.29, 1.82) is 5.26 Å². The minimum absolute atomic E-state index is 0.280. The molecule has 4 heteroatoms. The molecule has 0 amide bonds. The molecule has 0 fully saturated rings. The van der Waals surface area contributed by atoms with Gasteiger partial charge in [0.25, 0.3) is 0 Å². The predicted molar refractivity (Wildman–Crippen MR) is 37.7 cm³/mol. The van der Waals surface area contributed by atoms with Gasteiger partial charge in [0, 0.05) is 7.05 Å². The van der Waals surface area contributed by atoms with Crippen LogP contribution in [0.5, 0.6) is 0 Å². The molecule has 1 aromatic rings. The molecule has 0 radical (unpaired) electrons. The zero-order chi connectivity index (χ0) is 7.72. The minimum atomic E-state index is 0.280. The average Bonchev–Trinajstić information content (AvgIpc) is 2.09. The molecule has 0 unspecified atom stereocenters. The fourth-order valence-corrected chi connectivity index (χ4v) is 0.987. The van der Waals surface area contributed by atoms with E-state index in [1.165, 1.54) is 0 Å². The van der Waals surface area contributed by atoms with E-state index in [0.717, 1.165) is 5.69 Å². The summed E-state index contributed by atoms with van der Waals surface area (Å²) in [5, 5.41) is 12.6. The number of hydrogen-bond donors (Lipinski definition) is 0. The lowest BCUT2D eigenvalue weighted by atomic mass is 10.3. The summed E-state index contributed by atoms with van der Waals surface area (Å²) in [7, 11) is 1.75. The second-order valence-corrected chi connectivity index (χ2v) is 2.34. The topological polar surface area (TPSA) is 41.6 Å². The Hall–Kier alpha value is -1.01. The van der Waals surface area contributed by atoms with E-state index in [1.807, 2.05) is 6.07 Å². The molecule has 0 aromatic carbocycles. The van der Waals surface area contributed by atoms with Crippen molar-refractivity contribution in [2.24, 2.45) is 7.05 Å². The summed E-state index contributed by atoms with van der Waals surface area (Å²) in [4.78, 5) is 0. The Bertz CT molecular complexity index is 295. The zero-order valence-corrected chi connectivity index (χ0v) is 6.48. The van der Waals surface area contributed by atoms with E-state index in [4.69, 9.17) is 16.9 Å². The van der Waals surface area contributed by atoms with Gasteiger partial charge in [0.1, 0.15) is 11.6 Å². The number of hydrogen-bond acceptors (Lipinski definition) is 2. The highest BCUT2D eigenvalue weighted by Crippen LogP contribution is 2.15. The summed E-state index contributed by atoms with van der Waals surface area (Å²) in [6, 6.07) is 1.97. The van der Waals surface area contributed by atoms with E-state index in [-0.39, 0.29) is 5.15 Å². The second kappa shape index (κ2) is 2.31. The van der Waals surface area contributed by atoms with Crippen molar-refractivity contribution < 1.29 is 0 Å². The third-order valence-corrected chi connectivity index (χ3v) is 1.67. The van der Waals surface area contributed by atoms with Crippen molar-refractivity contribution in [3.63, 3.8) is 0 Å². The highest BCUT2D eigenvalue weighted by Gasteiger charge is 2.08. The maximum absolute atomic E-state index is 8.52. The van der Waals surface area contributed by atoms with Crippen LogP contribution >= 0.6 is 11.6 Å². The Balaban J connectivity index is 3.37. The Morgan fingerprint density at radius 3 is 2.50 bits per heavy atom. The van der Waals surface area contributed by atoms with Crippen LogP contribution in [0.1, 0.15) is 11.3 Å². The normalized spacial score (nSPS) is 9.40. The zero-order valence-electron chi connectivity index (χ0n) is 5.72.